The molecule has 1 amide bonds. The molecule has 0 aliphatic carbocycles. The minimum atomic E-state index is -3.64. The van der Waals surface area contributed by atoms with Crippen molar-refractivity contribution < 1.29 is 18.3 Å². The van der Waals surface area contributed by atoms with Gasteiger partial charge in [-0.15, -0.1) is 0 Å². The summed E-state index contributed by atoms with van der Waals surface area (Å²) in [5, 5.41) is 9.48. The van der Waals surface area contributed by atoms with Gasteiger partial charge in [0.25, 0.3) is 5.91 Å². The molecule has 0 heterocycles. The summed E-state index contributed by atoms with van der Waals surface area (Å²) in [6.45, 7) is 0. The number of carbonyl (C=O) groups excluding carboxylic acids is 1. The molecule has 2 N–H and O–H groups in total. The molecule has 0 aliphatic rings. The molecule has 1 aromatic rings. The Hall–Kier alpha value is -1.40. The summed E-state index contributed by atoms with van der Waals surface area (Å²) >= 11 is 0. The molecule has 0 aliphatic heterocycles. The highest BCUT2D eigenvalue weighted by atomic mass is 32.2. The van der Waals surface area contributed by atoms with Gasteiger partial charge in [0.15, 0.2) is 6.10 Å². The van der Waals surface area contributed by atoms with Gasteiger partial charge in [0.1, 0.15) is 0 Å². The van der Waals surface area contributed by atoms with Crippen LogP contribution in [0, 0.1) is 0 Å². The van der Waals surface area contributed by atoms with Crippen molar-refractivity contribution in [2.45, 2.75) is 6.10 Å². The Bertz CT molecular complexity index is 440. The lowest BCUT2D eigenvalue weighted by Gasteiger charge is -2.09. The van der Waals surface area contributed by atoms with Crippen LogP contribution >= 0.6 is 0 Å². The van der Waals surface area contributed by atoms with E-state index < -0.39 is 22.0 Å². The fourth-order valence-electron chi connectivity index (χ4n) is 1.03. The van der Waals surface area contributed by atoms with Crippen LogP contribution in [-0.4, -0.2) is 25.7 Å². The first kappa shape index (κ1) is 11.7. The van der Waals surface area contributed by atoms with Crippen LogP contribution in [0.4, 0.5) is 0 Å². The van der Waals surface area contributed by atoms with E-state index in [9.17, 15) is 18.3 Å². The standard InChI is InChI=1S/C9H11NO4S/c1-15(13,14)10-9(12)8(11)7-5-3-2-4-6-7/h2-6,8,11H,1H3,(H,10,12). The first-order valence-corrected chi connectivity index (χ1v) is 6.04. The first-order valence-electron chi connectivity index (χ1n) is 4.15. The molecular weight excluding hydrogens is 218 g/mol. The predicted molar refractivity (Wildman–Crippen MR) is 54.4 cm³/mol. The third kappa shape index (κ3) is 3.69. The molecule has 0 radical (unpaired) electrons. The molecular formula is C9H11NO4S. The van der Waals surface area contributed by atoms with Crippen molar-refractivity contribution in [2.24, 2.45) is 0 Å². The summed E-state index contributed by atoms with van der Waals surface area (Å²) in [6.07, 6.45) is -0.622. The molecule has 0 saturated heterocycles. The predicted octanol–water partition coefficient (Wildman–Crippen LogP) is -0.204. The number of amides is 1. The van der Waals surface area contributed by atoms with Crippen LogP contribution in [0.5, 0.6) is 0 Å². The van der Waals surface area contributed by atoms with E-state index in [-0.39, 0.29) is 0 Å². The SMILES string of the molecule is CS(=O)(=O)NC(=O)C(O)c1ccccc1. The zero-order valence-corrected chi connectivity index (χ0v) is 8.86. The molecule has 0 saturated carbocycles. The van der Waals surface area contributed by atoms with Crippen molar-refractivity contribution in [1.29, 1.82) is 0 Å². The van der Waals surface area contributed by atoms with Crippen molar-refractivity contribution in [3.63, 3.8) is 0 Å². The third-order valence-electron chi connectivity index (χ3n) is 1.65. The molecule has 6 heteroatoms. The van der Waals surface area contributed by atoms with Gasteiger partial charge in [0.05, 0.1) is 6.26 Å². The minimum Gasteiger partial charge on any atom is -0.378 e. The molecule has 0 spiro atoms. The van der Waals surface area contributed by atoms with Crippen LogP contribution in [0.3, 0.4) is 0 Å². The van der Waals surface area contributed by atoms with Gasteiger partial charge in [-0.3, -0.25) is 9.52 Å². The van der Waals surface area contributed by atoms with E-state index in [0.717, 1.165) is 6.26 Å². The van der Waals surface area contributed by atoms with Crippen LogP contribution in [0.1, 0.15) is 11.7 Å². The normalized spacial score (nSPS) is 13.2. The lowest BCUT2D eigenvalue weighted by Crippen LogP contribution is -2.33. The second-order valence-corrected chi connectivity index (χ2v) is 4.80. The number of benzene rings is 1. The fourth-order valence-corrected chi connectivity index (χ4v) is 1.50. The quantitative estimate of drug-likeness (QED) is 0.751. The Kier molecular flexibility index (Phi) is 3.43. The van der Waals surface area contributed by atoms with Crippen LogP contribution < -0.4 is 4.72 Å². The molecule has 1 atom stereocenters. The van der Waals surface area contributed by atoms with E-state index in [1.165, 1.54) is 12.1 Å². The van der Waals surface area contributed by atoms with E-state index in [0.29, 0.717) is 5.56 Å². The second kappa shape index (κ2) is 4.41. The van der Waals surface area contributed by atoms with Crippen molar-refractivity contribution in [1.82, 2.24) is 4.72 Å². The topological polar surface area (TPSA) is 83.5 Å². The van der Waals surface area contributed by atoms with Gasteiger partial charge in [-0.05, 0) is 5.56 Å². The molecule has 0 aromatic heterocycles. The number of sulfonamides is 1. The van der Waals surface area contributed by atoms with E-state index in [1.807, 2.05) is 0 Å². The van der Waals surface area contributed by atoms with Crippen LogP contribution in [0.15, 0.2) is 30.3 Å². The first-order chi connectivity index (χ1) is 6.90. The van der Waals surface area contributed by atoms with E-state index in [1.54, 1.807) is 22.9 Å². The highest BCUT2D eigenvalue weighted by Crippen LogP contribution is 2.11. The average molecular weight is 229 g/mol. The number of rotatable bonds is 3. The summed E-state index contributed by atoms with van der Waals surface area (Å²) in [4.78, 5) is 11.2. The van der Waals surface area contributed by atoms with Crippen molar-refractivity contribution in [3.05, 3.63) is 35.9 Å². The summed E-state index contributed by atoms with van der Waals surface area (Å²) in [5.74, 6) is -0.955. The number of aliphatic hydroxyl groups excluding tert-OH is 1. The van der Waals surface area contributed by atoms with Gasteiger partial charge in [0.2, 0.25) is 10.0 Å². The van der Waals surface area contributed by atoms with Gasteiger partial charge in [-0.1, -0.05) is 30.3 Å². The molecule has 15 heavy (non-hydrogen) atoms. The Morgan fingerprint density at radius 2 is 1.87 bits per heavy atom. The van der Waals surface area contributed by atoms with Crippen molar-refractivity contribution >= 4 is 15.9 Å². The molecule has 5 nitrogen and oxygen atoms in total. The largest absolute Gasteiger partial charge is 0.378 e. The number of carbonyl (C=O) groups is 1. The van der Waals surface area contributed by atoms with Crippen LogP contribution in [0.25, 0.3) is 0 Å². The molecule has 0 bridgehead atoms. The van der Waals surface area contributed by atoms with E-state index >= 15 is 0 Å². The summed E-state index contributed by atoms with van der Waals surface area (Å²) in [6, 6.07) is 8.09. The number of hydrogen-bond donors (Lipinski definition) is 2. The zero-order chi connectivity index (χ0) is 11.5. The molecule has 1 unspecified atom stereocenters. The maximum absolute atomic E-state index is 11.2. The molecule has 1 rings (SSSR count). The van der Waals surface area contributed by atoms with Gasteiger partial charge in [-0.2, -0.15) is 0 Å². The lowest BCUT2D eigenvalue weighted by molar-refractivity contribution is -0.127. The van der Waals surface area contributed by atoms with Gasteiger partial charge in [-0.25, -0.2) is 8.42 Å². The molecule has 82 valence electrons. The highest BCUT2D eigenvalue weighted by Gasteiger charge is 2.19. The Morgan fingerprint density at radius 3 is 2.33 bits per heavy atom. The van der Waals surface area contributed by atoms with Crippen LogP contribution in [-0.2, 0) is 14.8 Å². The maximum Gasteiger partial charge on any atom is 0.266 e. The Labute approximate surface area is 87.8 Å². The number of nitrogens with one attached hydrogen (secondary N) is 1. The fraction of sp³-hybridized carbons (Fsp3) is 0.222. The average Bonchev–Trinajstić information content (AvgIpc) is 2.15. The van der Waals surface area contributed by atoms with Gasteiger partial charge < -0.3 is 5.11 Å². The highest BCUT2D eigenvalue weighted by molar-refractivity contribution is 7.89. The van der Waals surface area contributed by atoms with Gasteiger partial charge >= 0.3 is 0 Å². The Balaban J connectivity index is 2.78. The number of aliphatic hydroxyl groups is 1. The summed E-state index contributed by atoms with van der Waals surface area (Å²) in [5.41, 5.74) is 0.346. The summed E-state index contributed by atoms with van der Waals surface area (Å²) < 4.78 is 23.2. The van der Waals surface area contributed by atoms with E-state index in [4.69, 9.17) is 0 Å². The molecule has 1 aromatic carbocycles. The lowest BCUT2D eigenvalue weighted by atomic mass is 10.1. The van der Waals surface area contributed by atoms with E-state index in [2.05, 4.69) is 0 Å². The van der Waals surface area contributed by atoms with Crippen molar-refractivity contribution in [3.8, 4) is 0 Å². The smallest absolute Gasteiger partial charge is 0.266 e. The number of hydrogen-bond acceptors (Lipinski definition) is 4. The zero-order valence-electron chi connectivity index (χ0n) is 8.04. The monoisotopic (exact) mass is 229 g/mol. The van der Waals surface area contributed by atoms with Crippen LogP contribution in [0.2, 0.25) is 0 Å². The summed E-state index contributed by atoms with van der Waals surface area (Å²) in [7, 11) is -3.64. The molecule has 0 fully saturated rings. The minimum absolute atomic E-state index is 0.346. The van der Waals surface area contributed by atoms with Gasteiger partial charge in [0, 0.05) is 0 Å². The maximum atomic E-state index is 11.2. The third-order valence-corrected chi connectivity index (χ3v) is 2.22. The second-order valence-electron chi connectivity index (χ2n) is 3.05. The van der Waals surface area contributed by atoms with Crippen molar-refractivity contribution in [2.75, 3.05) is 6.26 Å². The Morgan fingerprint density at radius 1 is 1.33 bits per heavy atom.